The smallest absolute Gasteiger partial charge is 0.378 e. The van der Waals surface area contributed by atoms with Gasteiger partial charge in [-0.15, -0.1) is 0 Å². The minimum atomic E-state index is -4.45. The van der Waals surface area contributed by atoms with E-state index in [9.17, 15) is 18.0 Å². The van der Waals surface area contributed by atoms with E-state index in [1.54, 1.807) is 0 Å². The monoisotopic (exact) mass is 283 g/mol. The molecule has 0 radical (unpaired) electrons. The molecule has 1 heterocycles. The number of alkyl halides is 3. The van der Waals surface area contributed by atoms with Gasteiger partial charge in [0, 0.05) is 19.6 Å². The summed E-state index contributed by atoms with van der Waals surface area (Å²) in [6.45, 7) is 1.91. The lowest BCUT2D eigenvalue weighted by atomic mass is 10.1. The highest BCUT2D eigenvalue weighted by atomic mass is 19.4. The van der Waals surface area contributed by atoms with Crippen LogP contribution in [-0.2, 0) is 9.53 Å². The third-order valence-electron chi connectivity index (χ3n) is 3.02. The molecule has 5 nitrogen and oxygen atoms in total. The number of halogens is 3. The van der Waals surface area contributed by atoms with Gasteiger partial charge in [-0.25, -0.2) is 0 Å². The summed E-state index contributed by atoms with van der Waals surface area (Å²) in [5.74, 6) is -0.441. The van der Waals surface area contributed by atoms with Crippen LogP contribution in [0.25, 0.3) is 0 Å². The topological polar surface area (TPSA) is 67.6 Å². The molecule has 19 heavy (non-hydrogen) atoms. The van der Waals surface area contributed by atoms with E-state index in [0.717, 1.165) is 11.3 Å². The van der Waals surface area contributed by atoms with Gasteiger partial charge in [-0.05, 0) is 6.42 Å². The van der Waals surface area contributed by atoms with E-state index in [4.69, 9.17) is 10.5 Å². The third-order valence-corrected chi connectivity index (χ3v) is 3.02. The molecule has 0 saturated carbocycles. The van der Waals surface area contributed by atoms with Crippen LogP contribution < -0.4 is 11.1 Å². The molecule has 8 heteroatoms. The highest BCUT2D eigenvalue weighted by Gasteiger charge is 2.47. The van der Waals surface area contributed by atoms with Crippen LogP contribution in [0.2, 0.25) is 0 Å². The Labute approximate surface area is 110 Å². The summed E-state index contributed by atoms with van der Waals surface area (Å²) in [6.07, 6.45) is -3.73. The maximum Gasteiger partial charge on any atom is 0.405 e. The minimum Gasteiger partial charge on any atom is -0.378 e. The van der Waals surface area contributed by atoms with Crippen molar-refractivity contribution in [2.75, 3.05) is 32.8 Å². The quantitative estimate of drug-likeness (QED) is 0.751. The Bertz CT molecular complexity index is 299. The van der Waals surface area contributed by atoms with E-state index in [1.807, 2.05) is 6.92 Å². The molecule has 1 saturated heterocycles. The predicted octanol–water partition coefficient (Wildman–Crippen LogP) is 0.103. The first-order chi connectivity index (χ1) is 8.91. The molecule has 0 aromatic heterocycles. The third kappa shape index (κ3) is 4.32. The second kappa shape index (κ2) is 7.06. The molecule has 0 aromatic rings. The number of amides is 1. The van der Waals surface area contributed by atoms with Crippen LogP contribution >= 0.6 is 0 Å². The van der Waals surface area contributed by atoms with Gasteiger partial charge in [0.25, 0.3) is 0 Å². The molecule has 3 N–H and O–H groups in total. The first-order valence-electron chi connectivity index (χ1n) is 6.29. The van der Waals surface area contributed by atoms with Gasteiger partial charge in [-0.2, -0.15) is 13.2 Å². The zero-order valence-corrected chi connectivity index (χ0v) is 10.9. The van der Waals surface area contributed by atoms with Crippen molar-refractivity contribution in [2.24, 2.45) is 5.73 Å². The highest BCUT2D eigenvalue weighted by Crippen LogP contribution is 2.26. The number of ether oxygens (including phenoxy) is 1. The summed E-state index contributed by atoms with van der Waals surface area (Å²) in [4.78, 5) is 13.0. The second-order valence-electron chi connectivity index (χ2n) is 4.41. The van der Waals surface area contributed by atoms with Crippen LogP contribution in [0.15, 0.2) is 0 Å². The Morgan fingerprint density at radius 1 is 1.58 bits per heavy atom. The predicted molar refractivity (Wildman–Crippen MR) is 63.5 cm³/mol. The van der Waals surface area contributed by atoms with Crippen molar-refractivity contribution in [3.05, 3.63) is 0 Å². The van der Waals surface area contributed by atoms with Crippen molar-refractivity contribution in [1.29, 1.82) is 0 Å². The number of nitrogens with zero attached hydrogens (tertiary/aromatic N) is 1. The fraction of sp³-hybridized carbons (Fsp3) is 0.909. The lowest BCUT2D eigenvalue weighted by Crippen LogP contribution is -2.62. The summed E-state index contributed by atoms with van der Waals surface area (Å²) in [6, 6.07) is -2.75. The lowest BCUT2D eigenvalue weighted by molar-refractivity contribution is -0.198. The van der Waals surface area contributed by atoms with Gasteiger partial charge in [0.1, 0.15) is 12.1 Å². The molecule has 112 valence electrons. The van der Waals surface area contributed by atoms with Crippen molar-refractivity contribution in [3.63, 3.8) is 0 Å². The van der Waals surface area contributed by atoms with Gasteiger partial charge < -0.3 is 15.8 Å². The van der Waals surface area contributed by atoms with Gasteiger partial charge in [0.05, 0.1) is 13.2 Å². The highest BCUT2D eigenvalue weighted by molar-refractivity contribution is 5.82. The first kappa shape index (κ1) is 16.2. The molecule has 1 aliphatic heterocycles. The van der Waals surface area contributed by atoms with E-state index < -0.39 is 30.7 Å². The SMILES string of the molecule is CCCNC(=O)C1COCCN1C(CN)C(F)(F)F. The van der Waals surface area contributed by atoms with Crippen LogP contribution in [0.3, 0.4) is 0 Å². The van der Waals surface area contributed by atoms with Crippen LogP contribution in [0.1, 0.15) is 13.3 Å². The summed E-state index contributed by atoms with van der Waals surface area (Å²) in [7, 11) is 0. The standard InChI is InChI=1S/C11H20F3N3O2/c1-2-3-16-10(18)8-7-19-5-4-17(8)9(6-15)11(12,13)14/h8-9H,2-7,15H2,1H3,(H,16,18). The number of nitrogens with two attached hydrogens (primary N) is 1. The van der Waals surface area contributed by atoms with E-state index in [-0.39, 0.29) is 19.8 Å². The lowest BCUT2D eigenvalue weighted by Gasteiger charge is -2.40. The average molecular weight is 283 g/mol. The first-order valence-corrected chi connectivity index (χ1v) is 6.29. The van der Waals surface area contributed by atoms with E-state index in [1.165, 1.54) is 0 Å². The van der Waals surface area contributed by atoms with Crippen LogP contribution in [0.5, 0.6) is 0 Å². The van der Waals surface area contributed by atoms with Crippen molar-refractivity contribution >= 4 is 5.91 Å². The molecule has 0 bridgehead atoms. The van der Waals surface area contributed by atoms with Crippen LogP contribution in [0.4, 0.5) is 13.2 Å². The van der Waals surface area contributed by atoms with Crippen molar-refractivity contribution < 1.29 is 22.7 Å². The second-order valence-corrected chi connectivity index (χ2v) is 4.41. The molecular weight excluding hydrogens is 263 g/mol. The number of hydrogen-bond donors (Lipinski definition) is 2. The van der Waals surface area contributed by atoms with Gasteiger partial charge in [0.15, 0.2) is 0 Å². The van der Waals surface area contributed by atoms with Crippen LogP contribution in [-0.4, -0.2) is 61.9 Å². The number of morpholine rings is 1. The van der Waals surface area contributed by atoms with Crippen molar-refractivity contribution in [2.45, 2.75) is 31.6 Å². The number of rotatable bonds is 5. The van der Waals surface area contributed by atoms with Gasteiger partial charge in [0.2, 0.25) is 5.91 Å². The number of nitrogens with one attached hydrogen (secondary N) is 1. The molecule has 0 aliphatic carbocycles. The fourth-order valence-corrected chi connectivity index (χ4v) is 2.04. The summed E-state index contributed by atoms with van der Waals surface area (Å²) >= 11 is 0. The van der Waals surface area contributed by atoms with Crippen molar-refractivity contribution in [1.82, 2.24) is 10.2 Å². The Balaban J connectivity index is 2.79. The number of carbonyl (C=O) groups excluding carboxylic acids is 1. The Hall–Kier alpha value is -0.860. The average Bonchev–Trinajstić information content (AvgIpc) is 2.35. The molecule has 1 fully saturated rings. The van der Waals surface area contributed by atoms with E-state index in [0.29, 0.717) is 6.54 Å². The van der Waals surface area contributed by atoms with E-state index in [2.05, 4.69) is 5.32 Å². The maximum absolute atomic E-state index is 12.9. The molecule has 1 rings (SSSR count). The molecule has 2 unspecified atom stereocenters. The minimum absolute atomic E-state index is 0.0396. The largest absolute Gasteiger partial charge is 0.405 e. The Morgan fingerprint density at radius 3 is 2.79 bits per heavy atom. The number of hydrogen-bond acceptors (Lipinski definition) is 4. The molecular formula is C11H20F3N3O2. The summed E-state index contributed by atoms with van der Waals surface area (Å²) < 4.78 is 43.8. The van der Waals surface area contributed by atoms with Gasteiger partial charge in [-0.3, -0.25) is 9.69 Å². The molecule has 0 aromatic carbocycles. The molecule has 1 amide bonds. The molecule has 2 atom stereocenters. The fourth-order valence-electron chi connectivity index (χ4n) is 2.04. The normalized spacial score (nSPS) is 23.1. The Morgan fingerprint density at radius 2 is 2.26 bits per heavy atom. The van der Waals surface area contributed by atoms with Crippen molar-refractivity contribution in [3.8, 4) is 0 Å². The zero-order valence-electron chi connectivity index (χ0n) is 10.9. The van der Waals surface area contributed by atoms with Gasteiger partial charge >= 0.3 is 6.18 Å². The summed E-state index contributed by atoms with van der Waals surface area (Å²) in [5.41, 5.74) is 5.22. The summed E-state index contributed by atoms with van der Waals surface area (Å²) in [5, 5.41) is 2.59. The Kier molecular flexibility index (Phi) is 6.02. The number of carbonyl (C=O) groups is 1. The van der Waals surface area contributed by atoms with Gasteiger partial charge in [-0.1, -0.05) is 6.92 Å². The maximum atomic E-state index is 12.9. The molecule has 0 spiro atoms. The zero-order chi connectivity index (χ0) is 14.5. The molecule has 1 aliphatic rings. The van der Waals surface area contributed by atoms with E-state index >= 15 is 0 Å². The van der Waals surface area contributed by atoms with Crippen LogP contribution in [0, 0.1) is 0 Å².